The highest BCUT2D eigenvalue weighted by Crippen LogP contribution is 2.37. The molecule has 0 spiro atoms. The Morgan fingerprint density at radius 3 is 2.65 bits per heavy atom. The summed E-state index contributed by atoms with van der Waals surface area (Å²) in [6.45, 7) is -1.22. The van der Waals surface area contributed by atoms with E-state index in [0.717, 1.165) is 0 Å². The topological polar surface area (TPSA) is 64.7 Å². The Hall–Kier alpha value is -1.11. The number of ether oxygens (including phenoxy) is 2. The van der Waals surface area contributed by atoms with Gasteiger partial charge in [-0.1, -0.05) is 6.07 Å². The number of rotatable bonds is 3. The van der Waals surface area contributed by atoms with Crippen LogP contribution in [-0.4, -0.2) is 24.4 Å². The summed E-state index contributed by atoms with van der Waals surface area (Å²) >= 11 is 0. The Balaban J connectivity index is 0.00000144. The highest BCUT2D eigenvalue weighted by Gasteiger charge is 2.37. The van der Waals surface area contributed by atoms with E-state index in [4.69, 9.17) is 20.3 Å². The van der Waals surface area contributed by atoms with E-state index in [1.807, 2.05) is 0 Å². The van der Waals surface area contributed by atoms with Gasteiger partial charge in [0.2, 0.25) is 6.79 Å². The third-order valence-corrected chi connectivity index (χ3v) is 2.42. The van der Waals surface area contributed by atoms with E-state index in [0.29, 0.717) is 11.5 Å². The number of alkyl halides is 2. The molecular weight excluding hydrogens is 256 g/mol. The SMILES string of the molecule is Cl.N[C@H](c1ccc2c(c1)OCO2)C(F)(F)CO. The van der Waals surface area contributed by atoms with Gasteiger partial charge in [-0.15, -0.1) is 12.4 Å². The largest absolute Gasteiger partial charge is 0.454 e. The summed E-state index contributed by atoms with van der Waals surface area (Å²) in [7, 11) is 0. The van der Waals surface area contributed by atoms with Crippen molar-refractivity contribution in [3.8, 4) is 11.5 Å². The molecule has 0 amide bonds. The van der Waals surface area contributed by atoms with Gasteiger partial charge in [0.1, 0.15) is 6.61 Å². The van der Waals surface area contributed by atoms with Crippen molar-refractivity contribution >= 4 is 12.4 Å². The van der Waals surface area contributed by atoms with Gasteiger partial charge in [-0.2, -0.15) is 0 Å². The minimum Gasteiger partial charge on any atom is -0.454 e. The zero-order chi connectivity index (χ0) is 11.8. The summed E-state index contributed by atoms with van der Waals surface area (Å²) in [5.41, 5.74) is 5.57. The normalized spacial score (nSPS) is 15.3. The second-order valence-corrected chi connectivity index (χ2v) is 3.51. The van der Waals surface area contributed by atoms with Gasteiger partial charge in [-0.05, 0) is 17.7 Å². The fourth-order valence-electron chi connectivity index (χ4n) is 1.45. The number of fused-ring (bicyclic) bond motifs is 1. The van der Waals surface area contributed by atoms with E-state index in [1.54, 1.807) is 0 Å². The number of halogens is 3. The minimum atomic E-state index is -3.35. The fourth-order valence-corrected chi connectivity index (χ4v) is 1.45. The van der Waals surface area contributed by atoms with Gasteiger partial charge in [-0.25, -0.2) is 8.78 Å². The number of hydrogen-bond acceptors (Lipinski definition) is 4. The standard InChI is InChI=1S/C10H11F2NO3.ClH/c11-10(12,4-14)9(13)6-1-2-7-8(3-6)16-5-15-7;/h1-3,9,14H,4-5,13H2;1H/t9-;/m1./s1. The third-order valence-electron chi connectivity index (χ3n) is 2.42. The van der Waals surface area contributed by atoms with Gasteiger partial charge >= 0.3 is 0 Å². The summed E-state index contributed by atoms with van der Waals surface area (Å²) < 4.78 is 36.4. The molecule has 0 saturated heterocycles. The van der Waals surface area contributed by atoms with Crippen LogP contribution in [0.3, 0.4) is 0 Å². The van der Waals surface area contributed by atoms with Crippen LogP contribution in [-0.2, 0) is 0 Å². The number of nitrogens with two attached hydrogens (primary N) is 1. The first-order valence-electron chi connectivity index (χ1n) is 4.68. The lowest BCUT2D eigenvalue weighted by atomic mass is 10.0. The van der Waals surface area contributed by atoms with E-state index in [2.05, 4.69) is 0 Å². The monoisotopic (exact) mass is 267 g/mol. The summed E-state index contributed by atoms with van der Waals surface area (Å²) in [6, 6.07) is 2.79. The average molecular weight is 268 g/mol. The van der Waals surface area contributed by atoms with Crippen molar-refractivity contribution in [1.82, 2.24) is 0 Å². The van der Waals surface area contributed by atoms with Gasteiger partial charge < -0.3 is 20.3 Å². The summed E-state index contributed by atoms with van der Waals surface area (Å²) in [4.78, 5) is 0. The molecule has 1 aliphatic rings. The van der Waals surface area contributed by atoms with Crippen molar-refractivity contribution in [2.45, 2.75) is 12.0 Å². The summed E-state index contributed by atoms with van der Waals surface area (Å²) in [5.74, 6) is -2.46. The molecule has 3 N–H and O–H groups in total. The van der Waals surface area contributed by atoms with Crippen LogP contribution < -0.4 is 15.2 Å². The van der Waals surface area contributed by atoms with Gasteiger partial charge in [0.05, 0.1) is 6.04 Å². The van der Waals surface area contributed by atoms with E-state index in [9.17, 15) is 8.78 Å². The molecule has 1 atom stereocenters. The molecule has 0 aromatic heterocycles. The molecular formula is C10H12ClF2NO3. The van der Waals surface area contributed by atoms with Crippen molar-refractivity contribution in [3.05, 3.63) is 23.8 Å². The number of aliphatic hydroxyl groups excluding tert-OH is 1. The molecule has 4 nitrogen and oxygen atoms in total. The van der Waals surface area contributed by atoms with Crippen molar-refractivity contribution in [2.75, 3.05) is 13.4 Å². The quantitative estimate of drug-likeness (QED) is 0.870. The van der Waals surface area contributed by atoms with Gasteiger partial charge in [-0.3, -0.25) is 0 Å². The van der Waals surface area contributed by atoms with Crippen LogP contribution in [0.2, 0.25) is 0 Å². The molecule has 0 aliphatic carbocycles. The maximum absolute atomic E-state index is 13.1. The second-order valence-electron chi connectivity index (χ2n) is 3.51. The first-order chi connectivity index (χ1) is 7.54. The van der Waals surface area contributed by atoms with Crippen LogP contribution in [0.1, 0.15) is 11.6 Å². The lowest BCUT2D eigenvalue weighted by Gasteiger charge is -2.21. The van der Waals surface area contributed by atoms with Crippen LogP contribution in [0.5, 0.6) is 11.5 Å². The maximum Gasteiger partial charge on any atom is 0.289 e. The predicted octanol–water partition coefficient (Wildman–Crippen LogP) is 1.46. The maximum atomic E-state index is 13.1. The summed E-state index contributed by atoms with van der Waals surface area (Å²) in [6.07, 6.45) is 0. The molecule has 1 heterocycles. The van der Waals surface area contributed by atoms with E-state index in [1.165, 1.54) is 18.2 Å². The van der Waals surface area contributed by atoms with E-state index in [-0.39, 0.29) is 24.8 Å². The van der Waals surface area contributed by atoms with Crippen molar-refractivity contribution < 1.29 is 23.4 Å². The molecule has 1 aromatic rings. The molecule has 1 aliphatic heterocycles. The first-order valence-corrected chi connectivity index (χ1v) is 4.68. The molecule has 1 aromatic carbocycles. The van der Waals surface area contributed by atoms with Gasteiger partial charge in [0, 0.05) is 0 Å². The van der Waals surface area contributed by atoms with Gasteiger partial charge in [0.25, 0.3) is 5.92 Å². The lowest BCUT2D eigenvalue weighted by molar-refractivity contribution is -0.0712. The Morgan fingerprint density at radius 2 is 2.00 bits per heavy atom. The Bertz CT molecular complexity index is 403. The number of hydrogen-bond donors (Lipinski definition) is 2. The van der Waals surface area contributed by atoms with Crippen LogP contribution in [0.4, 0.5) is 8.78 Å². The Labute approximate surface area is 103 Å². The average Bonchev–Trinajstić information content (AvgIpc) is 2.74. The van der Waals surface area contributed by atoms with Crippen LogP contribution >= 0.6 is 12.4 Å². The van der Waals surface area contributed by atoms with Crippen molar-refractivity contribution in [1.29, 1.82) is 0 Å². The van der Waals surface area contributed by atoms with Crippen molar-refractivity contribution in [2.24, 2.45) is 5.73 Å². The molecule has 0 radical (unpaired) electrons. The molecule has 0 fully saturated rings. The highest BCUT2D eigenvalue weighted by atomic mass is 35.5. The van der Waals surface area contributed by atoms with Crippen LogP contribution in [0.25, 0.3) is 0 Å². The number of benzene rings is 1. The molecule has 96 valence electrons. The lowest BCUT2D eigenvalue weighted by Crippen LogP contribution is -2.36. The van der Waals surface area contributed by atoms with E-state index < -0.39 is 18.6 Å². The zero-order valence-electron chi connectivity index (χ0n) is 8.73. The Kier molecular flexibility index (Phi) is 4.13. The number of aliphatic hydroxyl groups is 1. The molecule has 17 heavy (non-hydrogen) atoms. The highest BCUT2D eigenvalue weighted by molar-refractivity contribution is 5.85. The Morgan fingerprint density at radius 1 is 1.35 bits per heavy atom. The smallest absolute Gasteiger partial charge is 0.289 e. The van der Waals surface area contributed by atoms with E-state index >= 15 is 0 Å². The molecule has 0 saturated carbocycles. The second kappa shape index (κ2) is 5.03. The third kappa shape index (κ3) is 2.59. The molecule has 0 unspecified atom stereocenters. The zero-order valence-corrected chi connectivity index (χ0v) is 9.55. The molecule has 0 bridgehead atoms. The van der Waals surface area contributed by atoms with Crippen LogP contribution in [0.15, 0.2) is 18.2 Å². The van der Waals surface area contributed by atoms with Crippen molar-refractivity contribution in [3.63, 3.8) is 0 Å². The predicted molar refractivity (Wildman–Crippen MR) is 58.8 cm³/mol. The molecule has 2 rings (SSSR count). The fraction of sp³-hybridized carbons (Fsp3) is 0.400. The van der Waals surface area contributed by atoms with Crippen LogP contribution in [0, 0.1) is 0 Å². The first kappa shape index (κ1) is 14.0. The molecule has 7 heteroatoms. The summed E-state index contributed by atoms with van der Waals surface area (Å²) in [5, 5.41) is 8.53. The van der Waals surface area contributed by atoms with Gasteiger partial charge in [0.15, 0.2) is 11.5 Å². The minimum absolute atomic E-state index is 0.